The number of nitrogens with two attached hydrogens (primary N) is 1. The van der Waals surface area contributed by atoms with E-state index in [2.05, 4.69) is 15.9 Å². The number of urea groups is 1. The van der Waals surface area contributed by atoms with Crippen molar-refractivity contribution in [3.8, 4) is 0 Å². The van der Waals surface area contributed by atoms with E-state index in [1.165, 1.54) is 9.80 Å². The summed E-state index contributed by atoms with van der Waals surface area (Å²) in [6.45, 7) is 0.247. The Balaban J connectivity index is 2.20. The molecule has 1 saturated heterocycles. The monoisotopic (exact) mass is 340 g/mol. The lowest BCUT2D eigenvalue weighted by Gasteiger charge is -2.15. The van der Waals surface area contributed by atoms with Crippen molar-refractivity contribution < 1.29 is 14.4 Å². The zero-order valence-electron chi connectivity index (χ0n) is 10.7. The molecule has 1 aromatic carbocycles. The van der Waals surface area contributed by atoms with Crippen LogP contribution in [0.2, 0.25) is 0 Å². The Kier molecular flexibility index (Phi) is 4.05. The predicted molar refractivity (Wildman–Crippen MR) is 74.4 cm³/mol. The van der Waals surface area contributed by atoms with E-state index < -0.39 is 5.91 Å². The standard InChI is InChI=1S/C12H13BrN4O3/c1-16-6-10(18)17(12(16)20)5-8-3-2-7(4-9(8)13)11(19)15-14/h2-4H,5-6,14H2,1H3,(H,15,19). The van der Waals surface area contributed by atoms with Gasteiger partial charge in [0.25, 0.3) is 11.8 Å². The fourth-order valence-electron chi connectivity index (χ4n) is 1.89. The van der Waals surface area contributed by atoms with Gasteiger partial charge in [0.05, 0.1) is 6.54 Å². The lowest BCUT2D eigenvalue weighted by molar-refractivity contribution is -0.125. The summed E-state index contributed by atoms with van der Waals surface area (Å²) < 4.78 is 0.633. The fraction of sp³-hybridized carbons (Fsp3) is 0.250. The number of nitrogens with zero attached hydrogens (tertiary/aromatic N) is 2. The molecule has 1 aromatic rings. The Morgan fingerprint density at radius 3 is 2.65 bits per heavy atom. The Labute approximate surface area is 123 Å². The van der Waals surface area contributed by atoms with Crippen LogP contribution in [-0.4, -0.2) is 41.2 Å². The predicted octanol–water partition coefficient (Wildman–Crippen LogP) is 0.447. The number of amides is 4. The van der Waals surface area contributed by atoms with Gasteiger partial charge in [-0.15, -0.1) is 0 Å². The first-order valence-electron chi connectivity index (χ1n) is 5.79. The SMILES string of the molecule is CN1CC(=O)N(Cc2ccc(C(=O)NN)cc2Br)C1=O. The molecule has 20 heavy (non-hydrogen) atoms. The van der Waals surface area contributed by atoms with Crippen molar-refractivity contribution in [1.29, 1.82) is 0 Å². The second-order valence-corrected chi connectivity index (χ2v) is 5.25. The van der Waals surface area contributed by atoms with Crippen LogP contribution in [0.25, 0.3) is 0 Å². The highest BCUT2D eigenvalue weighted by atomic mass is 79.9. The minimum absolute atomic E-state index is 0.0874. The van der Waals surface area contributed by atoms with Crippen molar-refractivity contribution in [1.82, 2.24) is 15.2 Å². The van der Waals surface area contributed by atoms with E-state index in [4.69, 9.17) is 5.84 Å². The lowest BCUT2D eigenvalue weighted by Crippen LogP contribution is -2.31. The maximum atomic E-state index is 11.8. The molecule has 0 radical (unpaired) electrons. The number of hydrogen-bond donors (Lipinski definition) is 2. The summed E-state index contributed by atoms with van der Waals surface area (Å²) in [7, 11) is 1.57. The molecule has 106 valence electrons. The van der Waals surface area contributed by atoms with Crippen molar-refractivity contribution in [2.45, 2.75) is 6.54 Å². The van der Waals surface area contributed by atoms with E-state index in [9.17, 15) is 14.4 Å². The summed E-state index contributed by atoms with van der Waals surface area (Å²) in [4.78, 5) is 37.4. The van der Waals surface area contributed by atoms with Gasteiger partial charge in [-0.25, -0.2) is 10.6 Å². The Hall–Kier alpha value is -1.93. The molecule has 0 atom stereocenters. The average Bonchev–Trinajstić information content (AvgIpc) is 2.66. The fourth-order valence-corrected chi connectivity index (χ4v) is 2.40. The smallest absolute Gasteiger partial charge is 0.318 e. The van der Waals surface area contributed by atoms with E-state index >= 15 is 0 Å². The number of hydrazine groups is 1. The number of rotatable bonds is 3. The first kappa shape index (κ1) is 14.5. The van der Waals surface area contributed by atoms with Crippen LogP contribution in [0.15, 0.2) is 22.7 Å². The van der Waals surface area contributed by atoms with E-state index in [-0.39, 0.29) is 25.0 Å². The molecule has 8 heteroatoms. The van der Waals surface area contributed by atoms with Crippen LogP contribution >= 0.6 is 15.9 Å². The van der Waals surface area contributed by atoms with E-state index in [1.54, 1.807) is 25.2 Å². The van der Waals surface area contributed by atoms with Crippen molar-refractivity contribution in [2.24, 2.45) is 5.84 Å². The molecule has 2 rings (SSSR count). The highest BCUT2D eigenvalue weighted by Gasteiger charge is 2.33. The van der Waals surface area contributed by atoms with Gasteiger partial charge in [-0.1, -0.05) is 22.0 Å². The number of nitrogen functional groups attached to an aromatic ring is 1. The van der Waals surface area contributed by atoms with E-state index in [0.29, 0.717) is 10.0 Å². The maximum absolute atomic E-state index is 11.8. The quantitative estimate of drug-likeness (QED) is 0.361. The number of hydrogen-bond acceptors (Lipinski definition) is 4. The summed E-state index contributed by atoms with van der Waals surface area (Å²) in [5, 5.41) is 0. The highest BCUT2D eigenvalue weighted by molar-refractivity contribution is 9.10. The zero-order valence-corrected chi connectivity index (χ0v) is 12.3. The van der Waals surface area contributed by atoms with Crippen LogP contribution in [0, 0.1) is 0 Å². The molecule has 1 fully saturated rings. The van der Waals surface area contributed by atoms with Gasteiger partial charge < -0.3 is 4.90 Å². The van der Waals surface area contributed by atoms with Crippen LogP contribution in [0.5, 0.6) is 0 Å². The van der Waals surface area contributed by atoms with Crippen LogP contribution in [-0.2, 0) is 11.3 Å². The Morgan fingerprint density at radius 2 is 2.15 bits per heavy atom. The van der Waals surface area contributed by atoms with Crippen LogP contribution in [0.1, 0.15) is 15.9 Å². The van der Waals surface area contributed by atoms with Crippen LogP contribution < -0.4 is 11.3 Å². The molecule has 3 N–H and O–H groups in total. The topological polar surface area (TPSA) is 95.7 Å². The molecule has 0 bridgehead atoms. The molecular formula is C12H13BrN4O3. The molecule has 1 heterocycles. The summed E-state index contributed by atoms with van der Waals surface area (Å²) in [6, 6.07) is 4.52. The normalized spacial score (nSPS) is 14.9. The van der Waals surface area contributed by atoms with Crippen molar-refractivity contribution in [2.75, 3.05) is 13.6 Å². The van der Waals surface area contributed by atoms with Gasteiger partial charge in [0.2, 0.25) is 0 Å². The van der Waals surface area contributed by atoms with Crippen molar-refractivity contribution in [3.05, 3.63) is 33.8 Å². The summed E-state index contributed by atoms with van der Waals surface area (Å²) in [6.07, 6.45) is 0. The second kappa shape index (κ2) is 5.59. The highest BCUT2D eigenvalue weighted by Crippen LogP contribution is 2.22. The Bertz CT molecular complexity index is 590. The molecular weight excluding hydrogens is 328 g/mol. The first-order chi connectivity index (χ1) is 9.43. The van der Waals surface area contributed by atoms with E-state index in [0.717, 1.165) is 5.56 Å². The molecule has 0 aromatic heterocycles. The zero-order chi connectivity index (χ0) is 14.9. The number of likely N-dealkylation sites (N-methyl/N-ethyl adjacent to an activating group) is 1. The molecule has 0 spiro atoms. The number of halogens is 1. The second-order valence-electron chi connectivity index (χ2n) is 4.40. The number of imide groups is 1. The third-order valence-corrected chi connectivity index (χ3v) is 3.74. The molecule has 1 aliphatic heterocycles. The van der Waals surface area contributed by atoms with Crippen LogP contribution in [0.4, 0.5) is 4.79 Å². The van der Waals surface area contributed by atoms with Gasteiger partial charge in [0, 0.05) is 17.1 Å². The van der Waals surface area contributed by atoms with Gasteiger partial charge in [0.1, 0.15) is 6.54 Å². The molecule has 0 saturated carbocycles. The van der Waals surface area contributed by atoms with Gasteiger partial charge in [-0.3, -0.25) is 19.9 Å². The van der Waals surface area contributed by atoms with Crippen molar-refractivity contribution in [3.63, 3.8) is 0 Å². The molecule has 0 aliphatic carbocycles. The number of carbonyl (C=O) groups is 3. The first-order valence-corrected chi connectivity index (χ1v) is 6.58. The minimum atomic E-state index is -0.412. The Morgan fingerprint density at radius 1 is 1.45 bits per heavy atom. The molecule has 7 nitrogen and oxygen atoms in total. The number of benzene rings is 1. The summed E-state index contributed by atoms with van der Waals surface area (Å²) >= 11 is 3.32. The number of carbonyl (C=O) groups excluding carboxylic acids is 3. The number of nitrogens with one attached hydrogen (secondary N) is 1. The summed E-state index contributed by atoms with van der Waals surface area (Å²) in [5.74, 6) is 4.40. The molecule has 1 aliphatic rings. The van der Waals surface area contributed by atoms with Crippen molar-refractivity contribution >= 4 is 33.8 Å². The lowest BCUT2D eigenvalue weighted by atomic mass is 10.1. The van der Waals surface area contributed by atoms with E-state index in [1.807, 2.05) is 5.43 Å². The average molecular weight is 341 g/mol. The maximum Gasteiger partial charge on any atom is 0.327 e. The third-order valence-electron chi connectivity index (χ3n) is 3.01. The largest absolute Gasteiger partial charge is 0.327 e. The van der Waals surface area contributed by atoms with Gasteiger partial charge in [-0.05, 0) is 17.7 Å². The third kappa shape index (κ3) is 2.66. The minimum Gasteiger partial charge on any atom is -0.318 e. The summed E-state index contributed by atoms with van der Waals surface area (Å²) in [5.41, 5.74) is 3.16. The van der Waals surface area contributed by atoms with Crippen LogP contribution in [0.3, 0.4) is 0 Å². The van der Waals surface area contributed by atoms with Gasteiger partial charge >= 0.3 is 6.03 Å². The molecule has 4 amide bonds. The molecule has 0 unspecified atom stereocenters. The van der Waals surface area contributed by atoms with Gasteiger partial charge in [0.15, 0.2) is 0 Å². The van der Waals surface area contributed by atoms with Gasteiger partial charge in [-0.2, -0.15) is 0 Å².